The van der Waals surface area contributed by atoms with Crippen molar-refractivity contribution in [2.45, 2.75) is 39.7 Å². The largest absolute Gasteiger partial charge is 0.492 e. The van der Waals surface area contributed by atoms with Crippen LogP contribution in [0.3, 0.4) is 0 Å². The van der Waals surface area contributed by atoms with Crippen LogP contribution in [0.4, 0.5) is 4.39 Å². The van der Waals surface area contributed by atoms with Gasteiger partial charge in [-0.3, -0.25) is 0 Å². The lowest BCUT2D eigenvalue weighted by Crippen LogP contribution is -2.30. The molecule has 0 heterocycles. The molecular weight excluding hydrogens is 309 g/mol. The zero-order chi connectivity index (χ0) is 14.3. The van der Waals surface area contributed by atoms with Gasteiger partial charge < -0.3 is 10.1 Å². The van der Waals surface area contributed by atoms with E-state index in [-0.39, 0.29) is 5.82 Å². The number of halogens is 2. The van der Waals surface area contributed by atoms with E-state index in [0.717, 1.165) is 12.5 Å². The van der Waals surface area contributed by atoms with Crippen molar-refractivity contribution in [2.24, 2.45) is 5.92 Å². The molecule has 0 aliphatic heterocycles. The van der Waals surface area contributed by atoms with E-state index in [1.165, 1.54) is 18.9 Å². The Hall–Kier alpha value is -0.610. The summed E-state index contributed by atoms with van der Waals surface area (Å²) in [4.78, 5) is 0. The van der Waals surface area contributed by atoms with E-state index in [1.807, 2.05) is 0 Å². The molecule has 0 aliphatic carbocycles. The van der Waals surface area contributed by atoms with Crippen LogP contribution in [0.2, 0.25) is 0 Å². The van der Waals surface area contributed by atoms with Crippen LogP contribution in [0.1, 0.15) is 33.6 Å². The first-order valence-corrected chi connectivity index (χ1v) is 7.59. The SMILES string of the molecule is CC(C)CCC(C)NCCOc1ccc(F)c(Br)c1. The Bertz CT molecular complexity index is 384. The fraction of sp³-hybridized carbons (Fsp3) is 0.600. The first kappa shape index (κ1) is 16.4. The summed E-state index contributed by atoms with van der Waals surface area (Å²) >= 11 is 3.14. The van der Waals surface area contributed by atoms with Crippen LogP contribution in [0.15, 0.2) is 22.7 Å². The van der Waals surface area contributed by atoms with Gasteiger partial charge in [0.15, 0.2) is 0 Å². The minimum absolute atomic E-state index is 0.271. The minimum atomic E-state index is -0.271. The lowest BCUT2D eigenvalue weighted by atomic mass is 10.0. The van der Waals surface area contributed by atoms with E-state index in [0.29, 0.717) is 22.9 Å². The molecule has 0 bridgehead atoms. The van der Waals surface area contributed by atoms with Gasteiger partial charge in [-0.05, 0) is 59.8 Å². The van der Waals surface area contributed by atoms with Crippen LogP contribution in [0.25, 0.3) is 0 Å². The number of hydrogen-bond donors (Lipinski definition) is 1. The predicted molar refractivity (Wildman–Crippen MR) is 81.1 cm³/mol. The summed E-state index contributed by atoms with van der Waals surface area (Å²) in [5.41, 5.74) is 0. The number of rotatable bonds is 8. The molecule has 1 aromatic carbocycles. The molecule has 0 spiro atoms. The highest BCUT2D eigenvalue weighted by atomic mass is 79.9. The maximum absolute atomic E-state index is 13.0. The topological polar surface area (TPSA) is 21.3 Å². The summed E-state index contributed by atoms with van der Waals surface area (Å²) < 4.78 is 19.0. The average molecular weight is 332 g/mol. The van der Waals surface area contributed by atoms with Gasteiger partial charge in [-0.25, -0.2) is 4.39 Å². The molecule has 0 aromatic heterocycles. The second kappa shape index (κ2) is 8.54. The average Bonchev–Trinajstić information content (AvgIpc) is 2.36. The third kappa shape index (κ3) is 6.92. The van der Waals surface area contributed by atoms with Crippen LogP contribution < -0.4 is 10.1 Å². The first-order valence-electron chi connectivity index (χ1n) is 6.80. The lowest BCUT2D eigenvalue weighted by molar-refractivity contribution is 0.302. The maximum atomic E-state index is 13.0. The molecule has 0 saturated heterocycles. The van der Waals surface area contributed by atoms with Crippen molar-refractivity contribution >= 4 is 15.9 Å². The van der Waals surface area contributed by atoms with Crippen molar-refractivity contribution < 1.29 is 9.13 Å². The Kier molecular flexibility index (Phi) is 7.39. The molecule has 1 aromatic rings. The van der Waals surface area contributed by atoms with E-state index in [9.17, 15) is 4.39 Å². The monoisotopic (exact) mass is 331 g/mol. The molecule has 2 nitrogen and oxygen atoms in total. The van der Waals surface area contributed by atoms with Crippen molar-refractivity contribution in [3.05, 3.63) is 28.5 Å². The van der Waals surface area contributed by atoms with Gasteiger partial charge in [-0.15, -0.1) is 0 Å². The van der Waals surface area contributed by atoms with E-state index in [4.69, 9.17) is 4.74 Å². The minimum Gasteiger partial charge on any atom is -0.492 e. The molecule has 4 heteroatoms. The Labute approximate surface area is 123 Å². The fourth-order valence-electron chi connectivity index (χ4n) is 1.73. The van der Waals surface area contributed by atoms with Crippen LogP contribution >= 0.6 is 15.9 Å². The van der Waals surface area contributed by atoms with Gasteiger partial charge >= 0.3 is 0 Å². The van der Waals surface area contributed by atoms with Crippen molar-refractivity contribution in [3.63, 3.8) is 0 Å². The first-order chi connectivity index (χ1) is 8.99. The fourth-order valence-corrected chi connectivity index (χ4v) is 2.08. The quantitative estimate of drug-likeness (QED) is 0.713. The van der Waals surface area contributed by atoms with Crippen molar-refractivity contribution in [1.82, 2.24) is 5.32 Å². The summed E-state index contributed by atoms with van der Waals surface area (Å²) in [6, 6.07) is 5.20. The lowest BCUT2D eigenvalue weighted by Gasteiger charge is -2.15. The number of ether oxygens (including phenoxy) is 1. The van der Waals surface area contributed by atoms with Crippen LogP contribution in [0.5, 0.6) is 5.75 Å². The molecule has 1 rings (SSSR count). The zero-order valence-corrected chi connectivity index (χ0v) is 13.5. The second-order valence-electron chi connectivity index (χ2n) is 5.25. The van der Waals surface area contributed by atoms with Gasteiger partial charge in [0.2, 0.25) is 0 Å². The second-order valence-corrected chi connectivity index (χ2v) is 6.11. The maximum Gasteiger partial charge on any atom is 0.137 e. The summed E-state index contributed by atoms with van der Waals surface area (Å²) in [7, 11) is 0. The Morgan fingerprint density at radius 2 is 2.00 bits per heavy atom. The Balaban J connectivity index is 2.18. The van der Waals surface area contributed by atoms with Crippen LogP contribution in [-0.4, -0.2) is 19.2 Å². The Morgan fingerprint density at radius 3 is 2.63 bits per heavy atom. The molecule has 0 saturated carbocycles. The molecule has 1 N–H and O–H groups in total. The molecule has 0 amide bonds. The molecule has 108 valence electrons. The smallest absolute Gasteiger partial charge is 0.137 e. The zero-order valence-electron chi connectivity index (χ0n) is 11.9. The van der Waals surface area contributed by atoms with Gasteiger partial charge in [0, 0.05) is 12.6 Å². The van der Waals surface area contributed by atoms with Crippen molar-refractivity contribution in [2.75, 3.05) is 13.2 Å². The van der Waals surface area contributed by atoms with Gasteiger partial charge in [-0.1, -0.05) is 13.8 Å². The van der Waals surface area contributed by atoms with Gasteiger partial charge in [0.25, 0.3) is 0 Å². The molecule has 1 unspecified atom stereocenters. The predicted octanol–water partition coefficient (Wildman–Crippen LogP) is 4.38. The summed E-state index contributed by atoms with van der Waals surface area (Å²) in [6.07, 6.45) is 2.42. The number of nitrogens with one attached hydrogen (secondary N) is 1. The van der Waals surface area contributed by atoms with E-state index in [2.05, 4.69) is 42.0 Å². The van der Waals surface area contributed by atoms with E-state index in [1.54, 1.807) is 12.1 Å². The highest BCUT2D eigenvalue weighted by Crippen LogP contribution is 2.21. The van der Waals surface area contributed by atoms with Gasteiger partial charge in [0.05, 0.1) is 4.47 Å². The van der Waals surface area contributed by atoms with E-state index >= 15 is 0 Å². The van der Waals surface area contributed by atoms with E-state index < -0.39 is 0 Å². The third-order valence-electron chi connectivity index (χ3n) is 2.93. The summed E-state index contributed by atoms with van der Waals surface area (Å²) in [6.45, 7) is 8.06. The molecule has 19 heavy (non-hydrogen) atoms. The Morgan fingerprint density at radius 1 is 1.26 bits per heavy atom. The highest BCUT2D eigenvalue weighted by Gasteiger charge is 2.04. The normalized spacial score (nSPS) is 12.7. The standard InChI is InChI=1S/C15H23BrFNO/c1-11(2)4-5-12(3)18-8-9-19-13-6-7-15(17)14(16)10-13/h6-7,10-12,18H,4-5,8-9H2,1-3H3. The van der Waals surface area contributed by atoms with Crippen LogP contribution in [-0.2, 0) is 0 Å². The summed E-state index contributed by atoms with van der Waals surface area (Å²) in [5, 5.41) is 3.42. The van der Waals surface area contributed by atoms with Crippen molar-refractivity contribution in [1.29, 1.82) is 0 Å². The highest BCUT2D eigenvalue weighted by molar-refractivity contribution is 9.10. The van der Waals surface area contributed by atoms with Crippen LogP contribution in [0, 0.1) is 11.7 Å². The summed E-state index contributed by atoms with van der Waals surface area (Å²) in [5.74, 6) is 1.16. The third-order valence-corrected chi connectivity index (χ3v) is 3.54. The number of benzene rings is 1. The number of hydrogen-bond acceptors (Lipinski definition) is 2. The molecule has 1 atom stereocenters. The molecule has 0 fully saturated rings. The molecular formula is C15H23BrFNO. The molecule has 0 aliphatic rings. The molecule has 0 radical (unpaired) electrons. The van der Waals surface area contributed by atoms with Gasteiger partial charge in [0.1, 0.15) is 18.2 Å². The van der Waals surface area contributed by atoms with Gasteiger partial charge in [-0.2, -0.15) is 0 Å². The van der Waals surface area contributed by atoms with Crippen molar-refractivity contribution in [3.8, 4) is 5.75 Å².